The molecule has 0 aliphatic rings. The van der Waals surface area contributed by atoms with E-state index in [2.05, 4.69) is 21.3 Å². The number of nitrogens with two attached hydrogens (primary N) is 1. The Morgan fingerprint density at radius 3 is 1.76 bits per heavy atom. The highest BCUT2D eigenvalue weighted by atomic mass is 16.6. The SMILES string of the molecule is CC(C)(C)OC(=O)NCCCCC(NC(=O)OC(C)(C)C)C(=O)NC(CCCCN)C(=O)NCC(=O)O. The zero-order valence-electron chi connectivity index (χ0n) is 22.9. The highest BCUT2D eigenvalue weighted by Gasteiger charge is 2.28. The van der Waals surface area contributed by atoms with E-state index in [0.717, 1.165) is 0 Å². The summed E-state index contributed by atoms with van der Waals surface area (Å²) in [5.41, 5.74) is 4.10. The minimum absolute atomic E-state index is 0.202. The Hall–Kier alpha value is -3.09. The number of ether oxygens (including phenoxy) is 2. The van der Waals surface area contributed by atoms with E-state index in [1.807, 2.05) is 0 Å². The van der Waals surface area contributed by atoms with Crippen LogP contribution in [-0.2, 0) is 23.9 Å². The van der Waals surface area contributed by atoms with Gasteiger partial charge in [0.15, 0.2) is 0 Å². The number of hydrogen-bond acceptors (Lipinski definition) is 8. The van der Waals surface area contributed by atoms with Crippen molar-refractivity contribution in [1.82, 2.24) is 21.3 Å². The maximum Gasteiger partial charge on any atom is 0.408 e. The molecule has 0 saturated heterocycles. The molecule has 0 aromatic carbocycles. The molecule has 0 aromatic heterocycles. The van der Waals surface area contributed by atoms with E-state index < -0.39 is 59.8 Å². The molecular weight excluding hydrogens is 486 g/mol. The number of carbonyl (C=O) groups excluding carboxylic acids is 4. The monoisotopic (exact) mass is 531 g/mol. The van der Waals surface area contributed by atoms with E-state index in [-0.39, 0.29) is 12.8 Å². The molecule has 0 fully saturated rings. The summed E-state index contributed by atoms with van der Waals surface area (Å²) in [5.74, 6) is -2.48. The van der Waals surface area contributed by atoms with Crippen LogP contribution in [0.25, 0.3) is 0 Å². The topological polar surface area (TPSA) is 198 Å². The normalized spacial score (nSPS) is 13.1. The van der Waals surface area contributed by atoms with Crippen molar-refractivity contribution < 1.29 is 38.6 Å². The van der Waals surface area contributed by atoms with Crippen molar-refractivity contribution in [2.75, 3.05) is 19.6 Å². The van der Waals surface area contributed by atoms with Crippen molar-refractivity contribution in [3.63, 3.8) is 0 Å². The third kappa shape index (κ3) is 18.8. The van der Waals surface area contributed by atoms with E-state index in [9.17, 15) is 24.0 Å². The van der Waals surface area contributed by atoms with Crippen molar-refractivity contribution >= 4 is 30.0 Å². The van der Waals surface area contributed by atoms with Crippen molar-refractivity contribution in [2.24, 2.45) is 5.73 Å². The fraction of sp³-hybridized carbons (Fsp3) is 0.792. The Bertz CT molecular complexity index is 761. The van der Waals surface area contributed by atoms with Crippen LogP contribution < -0.4 is 27.0 Å². The van der Waals surface area contributed by atoms with Gasteiger partial charge in [-0.2, -0.15) is 0 Å². The van der Waals surface area contributed by atoms with Gasteiger partial charge in [0.25, 0.3) is 0 Å². The molecule has 0 aliphatic carbocycles. The maximum absolute atomic E-state index is 13.1. The summed E-state index contributed by atoms with van der Waals surface area (Å²) in [7, 11) is 0. The molecule has 0 spiro atoms. The van der Waals surface area contributed by atoms with Gasteiger partial charge in [-0.3, -0.25) is 14.4 Å². The van der Waals surface area contributed by atoms with Gasteiger partial charge in [0.05, 0.1) is 0 Å². The zero-order valence-corrected chi connectivity index (χ0v) is 22.9. The van der Waals surface area contributed by atoms with E-state index in [0.29, 0.717) is 38.8 Å². The average molecular weight is 532 g/mol. The van der Waals surface area contributed by atoms with Gasteiger partial charge in [-0.05, 0) is 86.6 Å². The van der Waals surface area contributed by atoms with Crippen LogP contribution in [0.4, 0.5) is 9.59 Å². The highest BCUT2D eigenvalue weighted by molar-refractivity contribution is 5.92. The standard InChI is InChI=1S/C24H45N5O8/c1-23(2,3)36-21(34)26-14-10-8-12-17(29-22(35)37-24(4,5)6)20(33)28-16(11-7-9-13-25)19(32)27-15-18(30)31/h16-17H,7-15,25H2,1-6H3,(H,26,34)(H,27,32)(H,28,33)(H,29,35)(H,30,31). The molecule has 214 valence electrons. The number of amides is 4. The summed E-state index contributed by atoms with van der Waals surface area (Å²) in [4.78, 5) is 60.5. The number of carboxylic acids is 1. The predicted molar refractivity (Wildman–Crippen MR) is 137 cm³/mol. The summed E-state index contributed by atoms with van der Waals surface area (Å²) in [6.07, 6.45) is 1.19. The fourth-order valence-corrected chi connectivity index (χ4v) is 3.02. The molecule has 13 nitrogen and oxygen atoms in total. The molecule has 0 bridgehead atoms. The van der Waals surface area contributed by atoms with Crippen LogP contribution in [0.2, 0.25) is 0 Å². The lowest BCUT2D eigenvalue weighted by molar-refractivity contribution is -0.138. The Balaban J connectivity index is 5.21. The number of carbonyl (C=O) groups is 5. The van der Waals surface area contributed by atoms with E-state index in [1.54, 1.807) is 41.5 Å². The molecule has 13 heteroatoms. The number of carboxylic acid groups (broad SMARTS) is 1. The molecule has 37 heavy (non-hydrogen) atoms. The smallest absolute Gasteiger partial charge is 0.408 e. The van der Waals surface area contributed by atoms with Crippen LogP contribution in [0.15, 0.2) is 0 Å². The second-order valence-corrected chi connectivity index (χ2v) is 10.6. The van der Waals surface area contributed by atoms with Gasteiger partial charge in [0.1, 0.15) is 29.8 Å². The maximum atomic E-state index is 13.1. The second kappa shape index (κ2) is 16.6. The van der Waals surface area contributed by atoms with E-state index >= 15 is 0 Å². The van der Waals surface area contributed by atoms with Crippen molar-refractivity contribution in [3.8, 4) is 0 Å². The largest absolute Gasteiger partial charge is 0.480 e. The minimum Gasteiger partial charge on any atom is -0.480 e. The molecular formula is C24H45N5O8. The quantitative estimate of drug-likeness (QED) is 0.169. The Morgan fingerprint density at radius 1 is 0.730 bits per heavy atom. The Morgan fingerprint density at radius 2 is 1.24 bits per heavy atom. The van der Waals surface area contributed by atoms with E-state index in [1.165, 1.54) is 0 Å². The van der Waals surface area contributed by atoms with Crippen LogP contribution in [0.5, 0.6) is 0 Å². The third-order valence-corrected chi connectivity index (χ3v) is 4.59. The van der Waals surface area contributed by atoms with Crippen LogP contribution in [0.1, 0.15) is 80.1 Å². The molecule has 0 radical (unpaired) electrons. The van der Waals surface area contributed by atoms with Crippen LogP contribution in [-0.4, -0.2) is 78.0 Å². The zero-order chi connectivity index (χ0) is 28.6. The lowest BCUT2D eigenvalue weighted by atomic mass is 10.1. The van der Waals surface area contributed by atoms with Crippen LogP contribution >= 0.6 is 0 Å². The first-order valence-corrected chi connectivity index (χ1v) is 12.5. The van der Waals surface area contributed by atoms with Gasteiger partial charge in [-0.1, -0.05) is 0 Å². The first-order valence-electron chi connectivity index (χ1n) is 12.5. The molecule has 0 aromatic rings. The molecule has 4 amide bonds. The van der Waals surface area contributed by atoms with Gasteiger partial charge < -0.3 is 41.6 Å². The fourth-order valence-electron chi connectivity index (χ4n) is 3.02. The summed E-state index contributed by atoms with van der Waals surface area (Å²) < 4.78 is 10.4. The Labute approximate surface area is 219 Å². The lowest BCUT2D eigenvalue weighted by Gasteiger charge is -2.25. The molecule has 0 aliphatic heterocycles. The number of rotatable bonds is 15. The molecule has 2 atom stereocenters. The number of nitrogens with one attached hydrogen (secondary N) is 4. The van der Waals surface area contributed by atoms with Crippen molar-refractivity contribution in [2.45, 2.75) is 103 Å². The first-order chi connectivity index (χ1) is 17.0. The van der Waals surface area contributed by atoms with E-state index in [4.69, 9.17) is 20.3 Å². The molecule has 0 saturated carbocycles. The molecule has 0 rings (SSSR count). The predicted octanol–water partition coefficient (Wildman–Crippen LogP) is 1.39. The summed E-state index contributed by atoms with van der Waals surface area (Å²) in [5, 5.41) is 18.9. The summed E-state index contributed by atoms with van der Waals surface area (Å²) >= 11 is 0. The summed E-state index contributed by atoms with van der Waals surface area (Å²) in [6.45, 7) is 10.4. The number of aliphatic carboxylic acids is 1. The Kier molecular flexibility index (Phi) is 15.2. The first kappa shape index (κ1) is 33.9. The molecule has 7 N–H and O–H groups in total. The average Bonchev–Trinajstić information content (AvgIpc) is 2.73. The van der Waals surface area contributed by atoms with Gasteiger partial charge >= 0.3 is 18.2 Å². The number of alkyl carbamates (subject to hydrolysis) is 2. The number of hydrogen-bond donors (Lipinski definition) is 6. The van der Waals surface area contributed by atoms with Gasteiger partial charge in [-0.25, -0.2) is 9.59 Å². The third-order valence-electron chi connectivity index (χ3n) is 4.59. The second-order valence-electron chi connectivity index (χ2n) is 10.6. The number of unbranched alkanes of at least 4 members (excludes halogenated alkanes) is 2. The van der Waals surface area contributed by atoms with Crippen LogP contribution in [0, 0.1) is 0 Å². The van der Waals surface area contributed by atoms with Gasteiger partial charge in [0.2, 0.25) is 11.8 Å². The summed E-state index contributed by atoms with van der Waals surface area (Å²) in [6, 6.07) is -2.03. The van der Waals surface area contributed by atoms with Gasteiger partial charge in [0, 0.05) is 6.54 Å². The highest BCUT2D eigenvalue weighted by Crippen LogP contribution is 2.10. The van der Waals surface area contributed by atoms with Crippen LogP contribution in [0.3, 0.4) is 0 Å². The lowest BCUT2D eigenvalue weighted by Crippen LogP contribution is -2.54. The molecule has 2 unspecified atom stereocenters. The van der Waals surface area contributed by atoms with Crippen molar-refractivity contribution in [3.05, 3.63) is 0 Å². The molecule has 0 heterocycles. The minimum atomic E-state index is -1.22. The van der Waals surface area contributed by atoms with Crippen molar-refractivity contribution in [1.29, 1.82) is 0 Å². The van der Waals surface area contributed by atoms with Gasteiger partial charge in [-0.15, -0.1) is 0 Å².